The molecule has 0 aliphatic carbocycles. The maximum atomic E-state index is 13.9. The summed E-state index contributed by atoms with van der Waals surface area (Å²) in [6, 6.07) is 10.6. The van der Waals surface area contributed by atoms with E-state index in [1.165, 1.54) is 26.7 Å². The van der Waals surface area contributed by atoms with Crippen LogP contribution >= 0.6 is 0 Å². The molecule has 0 fully saturated rings. The van der Waals surface area contributed by atoms with Gasteiger partial charge in [0, 0.05) is 43.4 Å². The minimum Gasteiger partial charge on any atom is -0.370 e. The Hall–Kier alpha value is -7.03. The van der Waals surface area contributed by atoms with Crippen molar-refractivity contribution in [2.24, 2.45) is 27.9 Å². The largest absolute Gasteiger partial charge is 0.370 e. The summed E-state index contributed by atoms with van der Waals surface area (Å²) in [5.41, 5.74) is 24.0. The van der Waals surface area contributed by atoms with Crippen LogP contribution in [-0.2, 0) is 51.2 Å². The Kier molecular flexibility index (Phi) is 25.2. The molecule has 2 aromatic carbocycles. The van der Waals surface area contributed by atoms with Gasteiger partial charge in [0.05, 0.1) is 13.1 Å². The molecule has 3 rings (SSSR count). The fourth-order valence-electron chi connectivity index (χ4n) is 6.43. The van der Waals surface area contributed by atoms with Crippen molar-refractivity contribution in [2.75, 3.05) is 26.2 Å². The molecule has 3 aromatic rings. The van der Waals surface area contributed by atoms with Gasteiger partial charge in [-0.2, -0.15) is 0 Å². The van der Waals surface area contributed by atoms with Gasteiger partial charge in [-0.3, -0.25) is 43.3 Å². The zero-order valence-corrected chi connectivity index (χ0v) is 38.4. The number of aromatic nitrogens is 1. The number of primary amides is 1. The lowest BCUT2D eigenvalue weighted by atomic mass is 10.0. The van der Waals surface area contributed by atoms with E-state index < -0.39 is 90.6 Å². The van der Waals surface area contributed by atoms with E-state index in [0.29, 0.717) is 18.4 Å². The number of nitrogens with one attached hydrogen (secondary N) is 8. The van der Waals surface area contributed by atoms with Gasteiger partial charge in [-0.05, 0) is 56.3 Å². The lowest BCUT2D eigenvalue weighted by Gasteiger charge is -2.25. The predicted molar refractivity (Wildman–Crippen MR) is 252 cm³/mol. The first-order chi connectivity index (χ1) is 31.5. The molecule has 0 bridgehead atoms. The van der Waals surface area contributed by atoms with Gasteiger partial charge in [-0.25, -0.2) is 0 Å². The number of para-hydroxylation sites is 1. The number of aromatic amines is 1. The number of fused-ring (bicyclic) bond motifs is 1. The lowest BCUT2D eigenvalue weighted by Crippen LogP contribution is -2.58. The number of nitrogens with zero attached hydrogens (tertiary/aromatic N) is 1. The van der Waals surface area contributed by atoms with Crippen molar-refractivity contribution in [3.63, 3.8) is 0 Å². The predicted octanol–water partition coefficient (Wildman–Crippen LogP) is -0.876. The summed E-state index contributed by atoms with van der Waals surface area (Å²) >= 11 is 0. The van der Waals surface area contributed by atoms with Crippen LogP contribution < -0.4 is 60.2 Å². The van der Waals surface area contributed by atoms with Gasteiger partial charge in [0.1, 0.15) is 30.2 Å². The van der Waals surface area contributed by atoms with Crippen LogP contribution in [0, 0.1) is 0 Å². The zero-order valence-electron chi connectivity index (χ0n) is 38.4. The second kappa shape index (κ2) is 30.2. The Balaban J connectivity index is 0.00000283. The van der Waals surface area contributed by atoms with E-state index >= 15 is 0 Å². The molecule has 1 aromatic heterocycles. The number of rotatable bonds is 27. The molecule has 5 atom stereocenters. The molecule has 0 aliphatic heterocycles. The Bertz CT molecular complexity index is 2070. The number of amides is 8. The molecule has 2 unspecified atom stereocenters. The van der Waals surface area contributed by atoms with Crippen molar-refractivity contribution in [3.05, 3.63) is 71.9 Å². The molecule has 16 N–H and O–H groups in total. The van der Waals surface area contributed by atoms with Crippen molar-refractivity contribution in [2.45, 2.75) is 116 Å². The highest BCUT2D eigenvalue weighted by Crippen LogP contribution is 2.19. The van der Waals surface area contributed by atoms with Crippen LogP contribution in [0.3, 0.4) is 0 Å². The van der Waals surface area contributed by atoms with Crippen LogP contribution in [0.15, 0.2) is 65.8 Å². The topological polar surface area (TPSA) is 353 Å². The average Bonchev–Trinajstić information content (AvgIpc) is 3.69. The number of carbonyl (C=O) groups excluding carboxylic acids is 8. The molecule has 21 heteroatoms. The van der Waals surface area contributed by atoms with Crippen LogP contribution in [0.25, 0.3) is 10.9 Å². The summed E-state index contributed by atoms with van der Waals surface area (Å²) in [7, 11) is 0. The molecule has 8 amide bonds. The van der Waals surface area contributed by atoms with Gasteiger partial charge >= 0.3 is 0 Å². The standard InChI is InChI=1S/C41H58N12O8.C4H11N/c1-4-5-15-30(50-25(3)54)38(59)48-22-34(55)47-23-35(56)51-33(19-26-12-7-6-8-13-26)40(61)52-31(17-11-18-45-41(43)44)39(60)49-24(2)37(58)53-32(36(42)57)20-27-21-46-29-16-10-9-14-28(27)29;1-2-3-4-5/h6-10,12-14,16,21,24,30-33,46H,4-5,11,15,17-20,22-23H2,1-3H3,(H2,42,57)(H,47,55)(H,48,59)(H,49,60)(H,50,54)(H,51,56)(H,52,61)(H,53,58)(H4,43,44,45);2-5H2,1H3/t24?,30-,31-,32-,33?;/m0./s1. The molecule has 0 radical (unpaired) electrons. The number of hydrogen-bond acceptors (Lipinski definition) is 10. The van der Waals surface area contributed by atoms with Crippen molar-refractivity contribution >= 4 is 64.1 Å². The molecular formula is C45H69N13O8. The summed E-state index contributed by atoms with van der Waals surface area (Å²) < 4.78 is 0. The van der Waals surface area contributed by atoms with E-state index in [2.05, 4.69) is 54.1 Å². The molecular weight excluding hydrogens is 851 g/mol. The van der Waals surface area contributed by atoms with Crippen LogP contribution in [0.1, 0.15) is 83.8 Å². The van der Waals surface area contributed by atoms with Crippen molar-refractivity contribution in [1.29, 1.82) is 0 Å². The summed E-state index contributed by atoms with van der Waals surface area (Å²) in [5, 5.41) is 18.7. The fourth-order valence-corrected chi connectivity index (χ4v) is 6.43. The summed E-state index contributed by atoms with van der Waals surface area (Å²) in [4.78, 5) is 110. The van der Waals surface area contributed by atoms with Gasteiger partial charge in [0.15, 0.2) is 5.96 Å². The van der Waals surface area contributed by atoms with E-state index in [1.807, 2.05) is 31.2 Å². The molecule has 362 valence electrons. The van der Waals surface area contributed by atoms with E-state index in [0.717, 1.165) is 29.4 Å². The number of unbranched alkanes of at least 4 members (excludes halogenated alkanes) is 2. The number of carbonyl (C=O) groups is 8. The van der Waals surface area contributed by atoms with Crippen LogP contribution in [0.4, 0.5) is 0 Å². The normalized spacial score (nSPS) is 12.9. The third-order valence-electron chi connectivity index (χ3n) is 9.99. The molecule has 66 heavy (non-hydrogen) atoms. The molecule has 0 saturated carbocycles. The maximum Gasteiger partial charge on any atom is 0.243 e. The smallest absolute Gasteiger partial charge is 0.243 e. The molecule has 1 heterocycles. The van der Waals surface area contributed by atoms with Gasteiger partial charge < -0.3 is 65.1 Å². The third kappa shape index (κ3) is 21.1. The number of hydrogen-bond donors (Lipinski definition) is 12. The first-order valence-electron chi connectivity index (χ1n) is 22.1. The first-order valence-corrected chi connectivity index (χ1v) is 22.1. The Morgan fingerprint density at radius 1 is 0.636 bits per heavy atom. The Morgan fingerprint density at radius 3 is 1.86 bits per heavy atom. The quantitative estimate of drug-likeness (QED) is 0.0253. The average molecular weight is 920 g/mol. The van der Waals surface area contributed by atoms with E-state index in [9.17, 15) is 38.4 Å². The third-order valence-corrected chi connectivity index (χ3v) is 9.99. The van der Waals surface area contributed by atoms with Gasteiger partial charge in [0.2, 0.25) is 47.3 Å². The summed E-state index contributed by atoms with van der Waals surface area (Å²) in [6.45, 7) is 6.69. The van der Waals surface area contributed by atoms with E-state index in [-0.39, 0.29) is 38.2 Å². The monoisotopic (exact) mass is 920 g/mol. The highest BCUT2D eigenvalue weighted by atomic mass is 16.2. The van der Waals surface area contributed by atoms with Crippen molar-refractivity contribution < 1.29 is 38.4 Å². The molecule has 0 spiro atoms. The fraction of sp³-hybridized carbons (Fsp3) is 0.489. The van der Waals surface area contributed by atoms with Gasteiger partial charge in [0.25, 0.3) is 0 Å². The number of guanidine groups is 1. The SMILES string of the molecule is CCCCN.CCCC[C@H](NC(C)=O)C(=O)NCC(=O)NCC(=O)NC(Cc1ccccc1)C(=O)N[C@@H](CCCN=C(N)N)C(=O)NC(C)C(=O)N[C@@H](Cc1c[nH]c2ccccc12)C(N)=O. The van der Waals surface area contributed by atoms with E-state index in [1.54, 1.807) is 36.5 Å². The maximum absolute atomic E-state index is 13.9. The Labute approximate surface area is 385 Å². The number of nitrogens with two attached hydrogens (primary N) is 4. The minimum absolute atomic E-state index is 0.00318. The summed E-state index contributed by atoms with van der Waals surface area (Å²) in [5.74, 6) is -5.54. The highest BCUT2D eigenvalue weighted by molar-refractivity contribution is 5.96. The van der Waals surface area contributed by atoms with Crippen LogP contribution in [-0.4, -0.2) is 115 Å². The summed E-state index contributed by atoms with van der Waals surface area (Å²) in [6.07, 6.45) is 6.29. The van der Waals surface area contributed by atoms with Crippen LogP contribution in [0.2, 0.25) is 0 Å². The minimum atomic E-state index is -1.24. The molecule has 0 aliphatic rings. The van der Waals surface area contributed by atoms with Gasteiger partial charge in [-0.15, -0.1) is 0 Å². The van der Waals surface area contributed by atoms with Crippen molar-refractivity contribution in [3.8, 4) is 0 Å². The van der Waals surface area contributed by atoms with Crippen LogP contribution in [0.5, 0.6) is 0 Å². The Morgan fingerprint density at radius 2 is 1.24 bits per heavy atom. The second-order valence-corrected chi connectivity index (χ2v) is 15.6. The van der Waals surface area contributed by atoms with Gasteiger partial charge in [-0.1, -0.05) is 81.6 Å². The zero-order chi connectivity index (χ0) is 49.0. The second-order valence-electron chi connectivity index (χ2n) is 15.6. The highest BCUT2D eigenvalue weighted by Gasteiger charge is 2.30. The van der Waals surface area contributed by atoms with E-state index in [4.69, 9.17) is 22.9 Å². The molecule has 21 nitrogen and oxygen atoms in total. The molecule has 0 saturated heterocycles. The number of benzene rings is 2. The first kappa shape index (κ1) is 55.1. The number of H-pyrrole nitrogens is 1. The lowest BCUT2D eigenvalue weighted by molar-refractivity contribution is -0.134. The van der Waals surface area contributed by atoms with Crippen molar-refractivity contribution in [1.82, 2.24) is 42.2 Å². The number of aliphatic imine (C=N–C) groups is 1.